The Morgan fingerprint density at radius 1 is 0.485 bits per heavy atom. The molecule has 6 aromatic rings. The molecule has 0 aliphatic heterocycles. The van der Waals surface area contributed by atoms with E-state index in [9.17, 15) is 14.4 Å². The van der Waals surface area contributed by atoms with E-state index < -0.39 is 5.97 Å². The summed E-state index contributed by atoms with van der Waals surface area (Å²) in [6, 6.07) is 17.3. The number of unbranched alkanes of at least 4 members (excludes halogenated alkanes) is 2. The number of carbonyl (C=O) groups excluding carboxylic acids is 3. The number of fused-ring (bicyclic) bond motifs is 3. The van der Waals surface area contributed by atoms with Crippen molar-refractivity contribution >= 4 is 143 Å². The van der Waals surface area contributed by atoms with Crippen LogP contribution in [0.4, 0.5) is 0 Å². The highest BCUT2D eigenvalue weighted by Crippen LogP contribution is 2.16. The fourth-order valence-electron chi connectivity index (χ4n) is 6.92. The van der Waals surface area contributed by atoms with E-state index >= 15 is 0 Å². The van der Waals surface area contributed by atoms with Gasteiger partial charge in [-0.3, -0.25) is 24.5 Å². The van der Waals surface area contributed by atoms with Crippen molar-refractivity contribution in [1.29, 1.82) is 0 Å². The molecule has 6 rings (SSSR count). The Kier molecular flexibility index (Phi) is 30.6. The average molecular weight is 1310 g/mol. The van der Waals surface area contributed by atoms with Crippen LogP contribution in [0.3, 0.4) is 0 Å². The Morgan fingerprint density at radius 3 is 1.16 bits per heavy atom. The van der Waals surface area contributed by atoms with Gasteiger partial charge in [0.05, 0.1) is 58.3 Å². The first-order valence-electron chi connectivity index (χ1n) is 22.9. The second-order valence-corrected chi connectivity index (χ2v) is 19.2. The number of amides is 2. The molecule has 0 bridgehead atoms. The van der Waals surface area contributed by atoms with E-state index in [2.05, 4.69) is 146 Å². The molecule has 0 radical (unpaired) electrons. The molecule has 2 N–H and O–H groups in total. The summed E-state index contributed by atoms with van der Waals surface area (Å²) in [5, 5.41) is 5.90. The maximum atomic E-state index is 12.2. The molecule has 0 fully saturated rings. The molecule has 3 heterocycles. The first-order valence-corrected chi connectivity index (χ1v) is 26.2. The van der Waals surface area contributed by atoms with Crippen LogP contribution >= 0.6 is 92.6 Å². The maximum absolute atomic E-state index is 12.2. The lowest BCUT2D eigenvalue weighted by atomic mass is 10.2. The number of rotatable bonds is 22. The summed E-state index contributed by atoms with van der Waals surface area (Å²) in [6.07, 6.45) is 13.5. The van der Waals surface area contributed by atoms with E-state index in [0.717, 1.165) is 103 Å². The van der Waals surface area contributed by atoms with Gasteiger partial charge >= 0.3 is 5.97 Å². The van der Waals surface area contributed by atoms with Crippen molar-refractivity contribution in [3.8, 4) is 0 Å². The zero-order valence-corrected chi connectivity index (χ0v) is 47.7. The predicted molar refractivity (Wildman–Crippen MR) is 304 cm³/mol. The fourth-order valence-corrected chi connectivity index (χ4v) is 8.34. The van der Waals surface area contributed by atoms with Crippen LogP contribution in [0.2, 0.25) is 0 Å². The number of nitrogens with zero attached hydrogens (tertiary/aromatic N) is 8. The second-order valence-electron chi connectivity index (χ2n) is 15.5. The molecule has 68 heavy (non-hydrogen) atoms. The highest BCUT2D eigenvalue weighted by molar-refractivity contribution is 14.1. The van der Waals surface area contributed by atoms with Crippen molar-refractivity contribution in [2.45, 2.75) is 86.0 Å². The Morgan fingerprint density at radius 2 is 0.824 bits per heavy atom. The fraction of sp³-hybridized carbons (Fsp3) is 0.449. The van der Waals surface area contributed by atoms with Crippen LogP contribution in [0.1, 0.15) is 117 Å². The Bertz CT molecular complexity index is 2340. The van der Waals surface area contributed by atoms with Crippen molar-refractivity contribution in [2.75, 3.05) is 59.0 Å². The van der Waals surface area contributed by atoms with E-state index in [0.29, 0.717) is 36.6 Å². The zero-order chi connectivity index (χ0) is 47.7. The first kappa shape index (κ1) is 60.9. The molecule has 2 amide bonds. The lowest BCUT2D eigenvalue weighted by Gasteiger charge is -2.20. The van der Waals surface area contributed by atoms with Gasteiger partial charge in [0, 0.05) is 23.8 Å². The van der Waals surface area contributed by atoms with E-state index in [1.54, 1.807) is 19.3 Å². The largest absolute Gasteiger partial charge is 0.461 e. The average Bonchev–Trinajstić information content (AvgIpc) is 3.31. The topological polar surface area (TPSA) is 168 Å². The highest BCUT2D eigenvalue weighted by atomic mass is 127. The molecule has 14 nitrogen and oxygen atoms in total. The molecule has 0 unspecified atom stereocenters. The third kappa shape index (κ3) is 21.4. The molecule has 0 saturated heterocycles. The summed E-state index contributed by atoms with van der Waals surface area (Å²) >= 11 is 6.68. The van der Waals surface area contributed by atoms with Gasteiger partial charge in [-0.1, -0.05) is 27.7 Å². The lowest BCUT2D eigenvalue weighted by Crippen LogP contribution is -2.29. The van der Waals surface area contributed by atoms with Gasteiger partial charge in [0.2, 0.25) is 0 Å². The van der Waals surface area contributed by atoms with Gasteiger partial charge in [-0.25, -0.2) is 19.7 Å². The van der Waals surface area contributed by atoms with Crippen molar-refractivity contribution in [1.82, 2.24) is 50.3 Å². The number of esters is 1. The van der Waals surface area contributed by atoms with E-state index in [4.69, 9.17) is 4.74 Å². The second kappa shape index (κ2) is 34.2. The molecular weight excluding hydrogens is 1240 g/mol. The summed E-state index contributed by atoms with van der Waals surface area (Å²) in [5.41, 5.74) is 5.62. The minimum absolute atomic E-state index is 0. The molecule has 3 aromatic carbocycles. The van der Waals surface area contributed by atoms with Crippen molar-refractivity contribution < 1.29 is 19.1 Å². The van der Waals surface area contributed by atoms with Gasteiger partial charge < -0.3 is 25.2 Å². The minimum Gasteiger partial charge on any atom is -0.461 e. The van der Waals surface area contributed by atoms with Gasteiger partial charge in [0.25, 0.3) is 11.8 Å². The first-order chi connectivity index (χ1) is 32.0. The normalized spacial score (nSPS) is 10.7. The monoisotopic (exact) mass is 1310 g/mol. The van der Waals surface area contributed by atoms with Gasteiger partial charge in [-0.15, -0.1) is 24.8 Å². The van der Waals surface area contributed by atoms with Crippen molar-refractivity contribution in [3.63, 3.8) is 0 Å². The maximum Gasteiger partial charge on any atom is 0.358 e. The minimum atomic E-state index is -0.435. The number of carbonyl (C=O) groups is 3. The number of hydrogen-bond acceptors (Lipinski definition) is 12. The van der Waals surface area contributed by atoms with Gasteiger partial charge in [0.15, 0.2) is 5.69 Å². The number of ether oxygens (including phenoxy) is 1. The van der Waals surface area contributed by atoms with Crippen LogP contribution in [0, 0.1) is 10.7 Å². The standard InChI is InChI=1S/2C19H27IN4O.C11H9IN2O2.2ClH/c2*1-3-10-24(11-4-2)12-6-5-9-21-19(25)18-14-22-17-13-15(20)7-8-16(17)23-18;1-2-16-11(15)10-6-13-9-5-7(12)3-4-8(9)14-10;;/h2*7-8,13-14H,3-6,9-12H2,1-2H3,(H,21,25);3-6H,2H2,1H3;2*1H. The number of aromatic nitrogens is 6. The number of nitrogens with one attached hydrogen (secondary N) is 2. The summed E-state index contributed by atoms with van der Waals surface area (Å²) < 4.78 is 8.16. The highest BCUT2D eigenvalue weighted by Gasteiger charge is 2.12. The molecule has 0 aliphatic carbocycles. The van der Waals surface area contributed by atoms with Crippen LogP contribution in [0.25, 0.3) is 33.1 Å². The Hall–Kier alpha value is -3.22. The summed E-state index contributed by atoms with van der Waals surface area (Å²) in [5.74, 6) is -0.728. The van der Waals surface area contributed by atoms with Crippen LogP contribution in [-0.4, -0.2) is 116 Å². The van der Waals surface area contributed by atoms with E-state index in [-0.39, 0.29) is 42.3 Å². The Balaban J connectivity index is 0.000000353. The van der Waals surface area contributed by atoms with Gasteiger partial charge in [-0.2, -0.15) is 0 Å². The molecule has 370 valence electrons. The molecule has 0 saturated carbocycles. The summed E-state index contributed by atoms with van der Waals surface area (Å²) in [7, 11) is 0. The Labute approximate surface area is 454 Å². The van der Waals surface area contributed by atoms with E-state index in [1.807, 2.05) is 54.6 Å². The molecule has 0 atom stereocenters. The SMILES string of the molecule is CCCN(CCC)CCCCNC(=O)c1cnc2cc(I)ccc2n1.CCCN(CCC)CCCCNC(=O)c1cnc2cc(I)ccc2n1.CCOC(=O)c1cnc2cc(I)ccc2n1.Cl.Cl. The predicted octanol–water partition coefficient (Wildman–Crippen LogP) is 11.0. The van der Waals surface area contributed by atoms with Crippen LogP contribution in [0.5, 0.6) is 0 Å². The smallest absolute Gasteiger partial charge is 0.358 e. The van der Waals surface area contributed by atoms with Gasteiger partial charge in [0.1, 0.15) is 11.4 Å². The van der Waals surface area contributed by atoms with E-state index in [1.165, 1.54) is 31.9 Å². The van der Waals surface area contributed by atoms with Crippen molar-refractivity contribution in [2.24, 2.45) is 0 Å². The van der Waals surface area contributed by atoms with Crippen LogP contribution in [-0.2, 0) is 4.74 Å². The van der Waals surface area contributed by atoms with Crippen LogP contribution < -0.4 is 10.6 Å². The third-order valence-electron chi connectivity index (χ3n) is 10.00. The lowest BCUT2D eigenvalue weighted by molar-refractivity contribution is 0.0519. The molecule has 0 spiro atoms. The molecule has 3 aromatic heterocycles. The number of halogens is 5. The molecule has 0 aliphatic rings. The summed E-state index contributed by atoms with van der Waals surface area (Å²) in [4.78, 5) is 66.7. The van der Waals surface area contributed by atoms with Gasteiger partial charge in [-0.05, 0) is 220 Å². The third-order valence-corrected chi connectivity index (χ3v) is 12.0. The van der Waals surface area contributed by atoms with Crippen LogP contribution in [0.15, 0.2) is 73.2 Å². The molecular formula is C49H65Cl2I3N10O4. The molecule has 19 heteroatoms. The number of benzene rings is 3. The van der Waals surface area contributed by atoms with Crippen molar-refractivity contribution in [3.05, 3.63) is 101 Å². The number of hydrogen-bond donors (Lipinski definition) is 2. The zero-order valence-electron chi connectivity index (χ0n) is 39.6. The summed E-state index contributed by atoms with van der Waals surface area (Å²) in [6.45, 7) is 19.2. The quantitative estimate of drug-likeness (QED) is 0.0375.